The number of esters is 4. The molecule has 0 aromatic heterocycles. The molecule has 7 atom stereocenters. The lowest BCUT2D eigenvalue weighted by molar-refractivity contribution is -0.161. The van der Waals surface area contributed by atoms with Gasteiger partial charge in [0.25, 0.3) is 0 Å². The summed E-state index contributed by atoms with van der Waals surface area (Å²) in [6, 6.07) is 0. The molecule has 534 valence electrons. The molecule has 0 aliphatic heterocycles. The maximum absolute atomic E-state index is 13.0. The molecule has 17 nitrogen and oxygen atoms in total. The number of phosphoric ester groups is 2. The van der Waals surface area contributed by atoms with Crippen LogP contribution >= 0.6 is 15.6 Å². The highest BCUT2D eigenvalue weighted by Crippen LogP contribution is 2.45. The standard InChI is InChI=1S/C71H138O17P2/c1-7-11-13-15-17-19-20-21-22-23-24-25-30-37-43-49-55-70(75)87-67(60-82-69(74)54-48-42-36-29-27-26-28-33-39-45-51-63(5)9-3)62-86-90(79,80)84-58-65(72)57-83-89(77,78)85-61-66(59-81-68(73)53-47-41-35-18-16-14-12-8-2)88-71(76)56-50-44-38-32-31-34-40-46-52-64(6)10-4/h63-67,72H,7-62H2,1-6H3,(H,77,78)(H,79,80)/t63?,64?,65-,66+,67+/m0/s1. The molecule has 0 spiro atoms. The van der Waals surface area contributed by atoms with Crippen molar-refractivity contribution in [2.24, 2.45) is 11.8 Å². The van der Waals surface area contributed by atoms with Gasteiger partial charge in [-0.1, -0.05) is 311 Å². The SMILES string of the molecule is CCCCCCCCCCCCCCCCCCC(=O)O[C@H](COC(=O)CCCCCCCCCCCCC(C)CC)COP(=O)(O)OC[C@@H](O)COP(=O)(O)OC[C@@H](COC(=O)CCCCCCCCCC)OC(=O)CCCCCCCCCCC(C)CC. The maximum atomic E-state index is 13.0. The first-order chi connectivity index (χ1) is 43.4. The van der Waals surface area contributed by atoms with E-state index in [0.717, 1.165) is 108 Å². The Morgan fingerprint density at radius 1 is 0.311 bits per heavy atom. The number of aliphatic hydroxyl groups excluding tert-OH is 1. The van der Waals surface area contributed by atoms with Gasteiger partial charge in [-0.15, -0.1) is 0 Å². The van der Waals surface area contributed by atoms with Crippen molar-refractivity contribution < 1.29 is 80.2 Å². The number of carbonyl (C=O) groups excluding carboxylic acids is 4. The highest BCUT2D eigenvalue weighted by atomic mass is 31.2. The van der Waals surface area contributed by atoms with Crippen molar-refractivity contribution in [2.75, 3.05) is 39.6 Å². The van der Waals surface area contributed by atoms with Gasteiger partial charge in [-0.05, 0) is 37.5 Å². The number of hydrogen-bond donors (Lipinski definition) is 3. The summed E-state index contributed by atoms with van der Waals surface area (Å²) in [5.41, 5.74) is 0. The van der Waals surface area contributed by atoms with E-state index in [9.17, 15) is 43.2 Å². The molecule has 0 aromatic rings. The van der Waals surface area contributed by atoms with E-state index in [2.05, 4.69) is 41.5 Å². The lowest BCUT2D eigenvalue weighted by atomic mass is 9.99. The predicted octanol–water partition coefficient (Wildman–Crippen LogP) is 20.4. The largest absolute Gasteiger partial charge is 0.472 e. The van der Waals surface area contributed by atoms with Crippen molar-refractivity contribution in [3.63, 3.8) is 0 Å². The number of carbonyl (C=O) groups is 4. The number of rotatable bonds is 70. The van der Waals surface area contributed by atoms with Crippen LogP contribution in [-0.4, -0.2) is 96.7 Å². The van der Waals surface area contributed by atoms with E-state index in [1.807, 2.05) is 0 Å². The molecule has 0 fully saturated rings. The number of ether oxygens (including phenoxy) is 4. The van der Waals surface area contributed by atoms with Gasteiger partial charge in [-0.25, -0.2) is 9.13 Å². The van der Waals surface area contributed by atoms with Crippen molar-refractivity contribution in [1.29, 1.82) is 0 Å². The molecule has 0 saturated heterocycles. The van der Waals surface area contributed by atoms with E-state index in [-0.39, 0.29) is 25.7 Å². The number of aliphatic hydroxyl groups is 1. The third kappa shape index (κ3) is 62.2. The molecule has 4 unspecified atom stereocenters. The van der Waals surface area contributed by atoms with Crippen LogP contribution in [0.3, 0.4) is 0 Å². The minimum atomic E-state index is -4.95. The zero-order chi connectivity index (χ0) is 66.5. The second-order valence-electron chi connectivity index (χ2n) is 26.1. The van der Waals surface area contributed by atoms with Gasteiger partial charge in [-0.3, -0.25) is 37.3 Å². The van der Waals surface area contributed by atoms with Crippen molar-refractivity contribution in [3.05, 3.63) is 0 Å². The van der Waals surface area contributed by atoms with Crippen LogP contribution in [0.4, 0.5) is 0 Å². The first-order valence-corrected chi connectivity index (χ1v) is 40.1. The van der Waals surface area contributed by atoms with Gasteiger partial charge in [0, 0.05) is 25.7 Å². The van der Waals surface area contributed by atoms with Gasteiger partial charge in [0.15, 0.2) is 12.2 Å². The minimum Gasteiger partial charge on any atom is -0.462 e. The molecule has 90 heavy (non-hydrogen) atoms. The molecule has 0 saturated carbocycles. The Morgan fingerprint density at radius 2 is 0.533 bits per heavy atom. The van der Waals surface area contributed by atoms with Crippen molar-refractivity contribution in [1.82, 2.24) is 0 Å². The molecular formula is C71H138O17P2. The molecule has 0 heterocycles. The average molecular weight is 1330 g/mol. The summed E-state index contributed by atoms with van der Waals surface area (Å²) in [6.07, 6.45) is 48.4. The Morgan fingerprint density at radius 3 is 0.789 bits per heavy atom. The fraction of sp³-hybridized carbons (Fsp3) is 0.944. The molecule has 19 heteroatoms. The third-order valence-electron chi connectivity index (χ3n) is 17.2. The Bertz CT molecular complexity index is 1760. The number of hydrogen-bond acceptors (Lipinski definition) is 15. The molecule has 0 aromatic carbocycles. The summed E-state index contributed by atoms with van der Waals surface area (Å²) in [6.45, 7) is 9.56. The first-order valence-electron chi connectivity index (χ1n) is 37.1. The van der Waals surface area contributed by atoms with Crippen LogP contribution in [0.25, 0.3) is 0 Å². The molecule has 0 aliphatic rings. The highest BCUT2D eigenvalue weighted by molar-refractivity contribution is 7.47. The van der Waals surface area contributed by atoms with Crippen LogP contribution < -0.4 is 0 Å². The van der Waals surface area contributed by atoms with Gasteiger partial charge >= 0.3 is 39.5 Å². The number of phosphoric acid groups is 2. The molecule has 0 aliphatic carbocycles. The van der Waals surface area contributed by atoms with Crippen LogP contribution in [0.15, 0.2) is 0 Å². The van der Waals surface area contributed by atoms with Crippen molar-refractivity contribution in [2.45, 2.75) is 381 Å². The average Bonchev–Trinajstić information content (AvgIpc) is 3.48. The van der Waals surface area contributed by atoms with Crippen LogP contribution in [0.5, 0.6) is 0 Å². The minimum absolute atomic E-state index is 0.105. The Balaban J connectivity index is 5.24. The van der Waals surface area contributed by atoms with Crippen molar-refractivity contribution >= 4 is 39.5 Å². The zero-order valence-electron chi connectivity index (χ0n) is 58.4. The topological polar surface area (TPSA) is 237 Å². The van der Waals surface area contributed by atoms with E-state index in [1.54, 1.807) is 0 Å². The third-order valence-corrected chi connectivity index (χ3v) is 19.1. The summed E-state index contributed by atoms with van der Waals surface area (Å²) in [5, 5.41) is 10.6. The second kappa shape index (κ2) is 63.1. The smallest absolute Gasteiger partial charge is 0.462 e. The lowest BCUT2D eigenvalue weighted by Crippen LogP contribution is -2.30. The molecule has 3 N–H and O–H groups in total. The van der Waals surface area contributed by atoms with E-state index < -0.39 is 97.5 Å². The fourth-order valence-electron chi connectivity index (χ4n) is 10.7. The summed E-state index contributed by atoms with van der Waals surface area (Å²) in [7, 11) is -9.90. The van der Waals surface area contributed by atoms with Crippen molar-refractivity contribution in [3.8, 4) is 0 Å². The Kier molecular flexibility index (Phi) is 61.8. The first kappa shape index (κ1) is 88.1. The molecular weight excluding hydrogens is 1190 g/mol. The van der Waals surface area contributed by atoms with Crippen LogP contribution in [0.1, 0.15) is 363 Å². The van der Waals surface area contributed by atoms with E-state index in [1.165, 1.54) is 173 Å². The molecule has 0 bridgehead atoms. The van der Waals surface area contributed by atoms with E-state index >= 15 is 0 Å². The molecule has 0 rings (SSSR count). The number of unbranched alkanes of at least 4 members (excludes halogenated alkanes) is 38. The van der Waals surface area contributed by atoms with Gasteiger partial charge in [0.2, 0.25) is 0 Å². The van der Waals surface area contributed by atoms with Gasteiger partial charge < -0.3 is 33.8 Å². The van der Waals surface area contributed by atoms with Gasteiger partial charge in [0.05, 0.1) is 26.4 Å². The molecule has 0 amide bonds. The van der Waals surface area contributed by atoms with E-state index in [0.29, 0.717) is 25.7 Å². The fourth-order valence-corrected chi connectivity index (χ4v) is 12.3. The van der Waals surface area contributed by atoms with Crippen LogP contribution in [-0.2, 0) is 65.4 Å². The zero-order valence-corrected chi connectivity index (χ0v) is 60.2. The Hall–Kier alpha value is -1.94. The monoisotopic (exact) mass is 1320 g/mol. The lowest BCUT2D eigenvalue weighted by Gasteiger charge is -2.21. The van der Waals surface area contributed by atoms with Crippen LogP contribution in [0.2, 0.25) is 0 Å². The van der Waals surface area contributed by atoms with Gasteiger partial charge in [-0.2, -0.15) is 0 Å². The van der Waals surface area contributed by atoms with Crippen LogP contribution in [0, 0.1) is 11.8 Å². The highest BCUT2D eigenvalue weighted by Gasteiger charge is 2.30. The maximum Gasteiger partial charge on any atom is 0.472 e. The summed E-state index contributed by atoms with van der Waals surface area (Å²) in [5.74, 6) is -0.546. The van der Waals surface area contributed by atoms with Gasteiger partial charge in [0.1, 0.15) is 19.3 Å². The summed E-state index contributed by atoms with van der Waals surface area (Å²) >= 11 is 0. The van der Waals surface area contributed by atoms with E-state index in [4.69, 9.17) is 37.0 Å². The summed E-state index contributed by atoms with van der Waals surface area (Å²) < 4.78 is 68.3. The Labute approximate surface area is 549 Å². The normalized spacial score (nSPS) is 14.7. The second-order valence-corrected chi connectivity index (χ2v) is 29.0. The summed E-state index contributed by atoms with van der Waals surface area (Å²) in [4.78, 5) is 72.5. The predicted molar refractivity (Wildman–Crippen MR) is 363 cm³/mol. The quantitative estimate of drug-likeness (QED) is 0.0222. The molecule has 0 radical (unpaired) electrons.